The number of hydrogen-bond acceptors (Lipinski definition) is 8. The van der Waals surface area contributed by atoms with Gasteiger partial charge < -0.3 is 19.5 Å². The molecule has 1 aliphatic heterocycles. The monoisotopic (exact) mass is 449 g/mol. The van der Waals surface area contributed by atoms with E-state index in [1.54, 1.807) is 13.0 Å². The topological polar surface area (TPSA) is 100 Å². The minimum Gasteiger partial charge on any atom is -0.490 e. The van der Waals surface area contributed by atoms with Gasteiger partial charge in [0.1, 0.15) is 12.6 Å². The molecule has 9 nitrogen and oxygen atoms in total. The van der Waals surface area contributed by atoms with Gasteiger partial charge in [-0.15, -0.1) is 0 Å². The molecule has 1 N–H and O–H groups in total. The van der Waals surface area contributed by atoms with Crippen molar-refractivity contribution in [1.29, 1.82) is 0 Å². The predicted molar refractivity (Wildman–Crippen MR) is 105 cm³/mol. The molecule has 1 aromatic heterocycles. The summed E-state index contributed by atoms with van der Waals surface area (Å²) in [5.41, 5.74) is 1.74. The second-order valence-electron chi connectivity index (χ2n) is 5.87. The van der Waals surface area contributed by atoms with Gasteiger partial charge in [0.25, 0.3) is 0 Å². The van der Waals surface area contributed by atoms with Crippen molar-refractivity contribution in [3.63, 3.8) is 0 Å². The standard InChI is InChI=1S/C18H20BrN5O4/c1-5-7-28-16-12(19)8-11(9-13(16)27-6-2)15-14(17(25)26-4)10(3)20-18-21-22-23-24(15)18/h5,8-9,15H,1,6-7H2,2-4H3,(H,20,21,23). The summed E-state index contributed by atoms with van der Waals surface area (Å²) >= 11 is 3.54. The Labute approximate surface area is 170 Å². The van der Waals surface area contributed by atoms with Crippen LogP contribution in [0.5, 0.6) is 11.5 Å². The molecule has 0 radical (unpaired) electrons. The first-order valence-electron chi connectivity index (χ1n) is 8.55. The first-order chi connectivity index (χ1) is 13.5. The Bertz CT molecular complexity index is 940. The van der Waals surface area contributed by atoms with Crippen LogP contribution in [0.3, 0.4) is 0 Å². The van der Waals surface area contributed by atoms with Gasteiger partial charge >= 0.3 is 5.97 Å². The lowest BCUT2D eigenvalue weighted by atomic mass is 9.95. The number of esters is 1. The Kier molecular flexibility index (Phi) is 5.98. The number of benzene rings is 1. The number of methoxy groups -OCH3 is 1. The molecule has 0 spiro atoms. The summed E-state index contributed by atoms with van der Waals surface area (Å²) in [4.78, 5) is 12.5. The fraction of sp³-hybridized carbons (Fsp3) is 0.333. The van der Waals surface area contributed by atoms with Gasteiger partial charge in [-0.25, -0.2) is 4.79 Å². The van der Waals surface area contributed by atoms with E-state index in [4.69, 9.17) is 14.2 Å². The van der Waals surface area contributed by atoms with E-state index in [1.165, 1.54) is 11.8 Å². The lowest BCUT2D eigenvalue weighted by Crippen LogP contribution is -2.29. The van der Waals surface area contributed by atoms with E-state index >= 15 is 0 Å². The van der Waals surface area contributed by atoms with Crippen molar-refractivity contribution in [3.8, 4) is 11.5 Å². The van der Waals surface area contributed by atoms with Gasteiger partial charge in [-0.1, -0.05) is 17.8 Å². The van der Waals surface area contributed by atoms with Gasteiger partial charge in [-0.3, -0.25) is 0 Å². The second-order valence-corrected chi connectivity index (χ2v) is 6.72. The van der Waals surface area contributed by atoms with E-state index in [0.717, 1.165) is 5.56 Å². The average molecular weight is 450 g/mol. The van der Waals surface area contributed by atoms with E-state index in [1.807, 2.05) is 19.1 Å². The molecular weight excluding hydrogens is 430 g/mol. The molecule has 1 unspecified atom stereocenters. The van der Waals surface area contributed by atoms with Crippen LogP contribution in [0, 0.1) is 0 Å². The molecule has 1 aliphatic rings. The number of ether oxygens (including phenoxy) is 3. The van der Waals surface area contributed by atoms with Crippen molar-refractivity contribution in [1.82, 2.24) is 20.2 Å². The van der Waals surface area contributed by atoms with Gasteiger partial charge in [0, 0.05) is 5.70 Å². The summed E-state index contributed by atoms with van der Waals surface area (Å²) in [6, 6.07) is 3.06. The van der Waals surface area contributed by atoms with Gasteiger partial charge in [-0.2, -0.15) is 4.68 Å². The number of allylic oxidation sites excluding steroid dienone is 1. The zero-order chi connectivity index (χ0) is 20.3. The van der Waals surface area contributed by atoms with Crippen LogP contribution in [0.1, 0.15) is 25.5 Å². The Balaban J connectivity index is 2.17. The lowest BCUT2D eigenvalue weighted by Gasteiger charge is -2.27. The number of anilines is 1. The Morgan fingerprint density at radius 3 is 2.89 bits per heavy atom. The SMILES string of the molecule is C=CCOc1c(Br)cc(C2C(C(=O)OC)=C(C)Nc3nnnn32)cc1OCC. The number of tetrazole rings is 1. The van der Waals surface area contributed by atoms with Gasteiger partial charge in [-0.05, 0) is 57.9 Å². The number of carbonyl (C=O) groups is 1. The van der Waals surface area contributed by atoms with Crippen molar-refractivity contribution >= 4 is 27.8 Å². The molecule has 3 rings (SSSR count). The Morgan fingerprint density at radius 1 is 1.43 bits per heavy atom. The van der Waals surface area contributed by atoms with Gasteiger partial charge in [0.2, 0.25) is 5.95 Å². The number of aromatic nitrogens is 4. The molecule has 0 saturated heterocycles. The molecule has 2 aromatic rings. The molecule has 1 atom stereocenters. The average Bonchev–Trinajstić information content (AvgIpc) is 3.13. The Hall–Kier alpha value is -2.88. The number of nitrogens with one attached hydrogen (secondary N) is 1. The third-order valence-electron chi connectivity index (χ3n) is 4.11. The molecule has 1 aromatic carbocycles. The predicted octanol–water partition coefficient (Wildman–Crippen LogP) is 2.86. The normalized spacial score (nSPS) is 15.5. The van der Waals surface area contributed by atoms with E-state index in [-0.39, 0.29) is 0 Å². The van der Waals surface area contributed by atoms with Crippen molar-refractivity contribution in [2.75, 3.05) is 25.6 Å². The molecule has 0 bridgehead atoms. The van der Waals surface area contributed by atoms with Crippen LogP contribution in [0.4, 0.5) is 5.95 Å². The van der Waals surface area contributed by atoms with Crippen LogP contribution >= 0.6 is 15.9 Å². The molecule has 0 fully saturated rings. The molecule has 0 aliphatic carbocycles. The quantitative estimate of drug-likeness (QED) is 0.508. The molecule has 0 amide bonds. The smallest absolute Gasteiger partial charge is 0.338 e. The van der Waals surface area contributed by atoms with Crippen molar-refractivity contribution in [3.05, 3.63) is 46.1 Å². The fourth-order valence-electron chi connectivity index (χ4n) is 2.99. The zero-order valence-electron chi connectivity index (χ0n) is 15.7. The summed E-state index contributed by atoms with van der Waals surface area (Å²) < 4.78 is 18.7. The fourth-order valence-corrected chi connectivity index (χ4v) is 3.56. The van der Waals surface area contributed by atoms with E-state index in [0.29, 0.717) is 46.4 Å². The number of carbonyl (C=O) groups excluding carboxylic acids is 1. The van der Waals surface area contributed by atoms with E-state index < -0.39 is 12.0 Å². The highest BCUT2D eigenvalue weighted by Crippen LogP contribution is 2.42. The number of nitrogens with zero attached hydrogens (tertiary/aromatic N) is 4. The Morgan fingerprint density at radius 2 is 2.21 bits per heavy atom. The van der Waals surface area contributed by atoms with Crippen LogP contribution in [0.25, 0.3) is 0 Å². The van der Waals surface area contributed by atoms with E-state index in [2.05, 4.69) is 43.4 Å². The largest absolute Gasteiger partial charge is 0.490 e. The molecule has 0 saturated carbocycles. The third kappa shape index (κ3) is 3.59. The van der Waals surface area contributed by atoms with Crippen LogP contribution in [-0.2, 0) is 9.53 Å². The van der Waals surface area contributed by atoms with Crippen molar-refractivity contribution in [2.24, 2.45) is 0 Å². The maximum absolute atomic E-state index is 12.5. The maximum Gasteiger partial charge on any atom is 0.338 e. The highest BCUT2D eigenvalue weighted by atomic mass is 79.9. The molecule has 148 valence electrons. The van der Waals surface area contributed by atoms with Gasteiger partial charge in [0.15, 0.2) is 11.5 Å². The summed E-state index contributed by atoms with van der Waals surface area (Å²) in [5.74, 6) is 1.04. The first-order valence-corrected chi connectivity index (χ1v) is 9.35. The third-order valence-corrected chi connectivity index (χ3v) is 4.70. The highest BCUT2D eigenvalue weighted by Gasteiger charge is 2.35. The molecular formula is C18H20BrN5O4. The first kappa shape index (κ1) is 19.9. The minimum atomic E-state index is -0.595. The van der Waals surface area contributed by atoms with Gasteiger partial charge in [0.05, 0.1) is 23.8 Å². The van der Waals surface area contributed by atoms with E-state index in [9.17, 15) is 4.79 Å². The number of hydrogen-bond donors (Lipinski definition) is 1. The second kappa shape index (κ2) is 8.42. The van der Waals surface area contributed by atoms with Crippen LogP contribution in [0.15, 0.2) is 40.5 Å². The minimum absolute atomic E-state index is 0.328. The van der Waals surface area contributed by atoms with Crippen LogP contribution in [0.2, 0.25) is 0 Å². The maximum atomic E-state index is 12.5. The number of rotatable bonds is 7. The highest BCUT2D eigenvalue weighted by molar-refractivity contribution is 9.10. The lowest BCUT2D eigenvalue weighted by molar-refractivity contribution is -0.136. The summed E-state index contributed by atoms with van der Waals surface area (Å²) in [6.45, 7) is 8.10. The number of fused-ring (bicyclic) bond motifs is 1. The zero-order valence-corrected chi connectivity index (χ0v) is 17.3. The van der Waals surface area contributed by atoms with Crippen LogP contribution in [-0.4, -0.2) is 46.5 Å². The molecule has 2 heterocycles. The molecule has 28 heavy (non-hydrogen) atoms. The molecule has 10 heteroatoms. The van der Waals surface area contributed by atoms with Crippen LogP contribution < -0.4 is 14.8 Å². The summed E-state index contributed by atoms with van der Waals surface area (Å²) in [6.07, 6.45) is 1.65. The number of halogens is 1. The van der Waals surface area contributed by atoms with Crippen molar-refractivity contribution in [2.45, 2.75) is 19.9 Å². The summed E-state index contributed by atoms with van der Waals surface area (Å²) in [5, 5.41) is 14.8. The van der Waals surface area contributed by atoms with Crippen molar-refractivity contribution < 1.29 is 19.0 Å². The summed E-state index contributed by atoms with van der Waals surface area (Å²) in [7, 11) is 1.34.